The van der Waals surface area contributed by atoms with Gasteiger partial charge in [-0.15, -0.1) is 0 Å². The lowest BCUT2D eigenvalue weighted by molar-refractivity contribution is -0.142. The summed E-state index contributed by atoms with van der Waals surface area (Å²) in [7, 11) is 1.39. The normalized spacial score (nSPS) is 15.5. The molecule has 2 heterocycles. The van der Waals surface area contributed by atoms with Crippen molar-refractivity contribution in [3.63, 3.8) is 0 Å². The van der Waals surface area contributed by atoms with Gasteiger partial charge in [0.05, 0.1) is 25.3 Å². The molecule has 2 N–H and O–H groups in total. The highest BCUT2D eigenvalue weighted by Crippen LogP contribution is 2.32. The molecule has 0 spiro atoms. The molecular formula is C20H24N2O4. The zero-order valence-corrected chi connectivity index (χ0v) is 14.9. The van der Waals surface area contributed by atoms with E-state index in [1.165, 1.54) is 7.11 Å². The number of fused-ring (bicyclic) bond motifs is 1. The third kappa shape index (κ3) is 3.65. The number of ether oxygens (including phenoxy) is 2. The van der Waals surface area contributed by atoms with Crippen molar-refractivity contribution in [2.24, 2.45) is 5.73 Å². The molecule has 0 saturated heterocycles. The predicted octanol–water partition coefficient (Wildman–Crippen LogP) is 2.50. The Morgan fingerprint density at radius 2 is 1.92 bits per heavy atom. The van der Waals surface area contributed by atoms with E-state index in [0.717, 1.165) is 24.3 Å². The number of aromatic nitrogens is 1. The van der Waals surface area contributed by atoms with Crippen LogP contribution >= 0.6 is 0 Å². The van der Waals surface area contributed by atoms with Crippen molar-refractivity contribution in [2.75, 3.05) is 20.3 Å². The molecule has 1 unspecified atom stereocenters. The maximum absolute atomic E-state index is 12.8. The Balaban J connectivity index is 1.70. The van der Waals surface area contributed by atoms with Crippen LogP contribution in [0.4, 0.5) is 0 Å². The van der Waals surface area contributed by atoms with Crippen LogP contribution < -0.4 is 10.5 Å². The number of carbonyl (C=O) groups is 2. The summed E-state index contributed by atoms with van der Waals surface area (Å²) in [6, 6.07) is 10.8. The van der Waals surface area contributed by atoms with Gasteiger partial charge in [0.25, 0.3) is 0 Å². The molecule has 138 valence electrons. The molecule has 1 atom stereocenters. The minimum atomic E-state index is -0.286. The molecule has 1 aliphatic heterocycles. The van der Waals surface area contributed by atoms with Crippen molar-refractivity contribution >= 4 is 11.8 Å². The molecule has 1 aromatic carbocycles. The minimum absolute atomic E-state index is 0.0588. The molecule has 3 rings (SSSR count). The van der Waals surface area contributed by atoms with Crippen molar-refractivity contribution in [3.05, 3.63) is 53.3 Å². The second-order valence-electron chi connectivity index (χ2n) is 6.36. The molecule has 0 fully saturated rings. The van der Waals surface area contributed by atoms with E-state index in [4.69, 9.17) is 15.2 Å². The molecule has 6 nitrogen and oxygen atoms in total. The van der Waals surface area contributed by atoms with Gasteiger partial charge in [0.1, 0.15) is 5.75 Å². The lowest BCUT2D eigenvalue weighted by Gasteiger charge is -2.08. The van der Waals surface area contributed by atoms with Crippen molar-refractivity contribution < 1.29 is 19.1 Å². The molecule has 0 amide bonds. The minimum Gasteiger partial charge on any atom is -0.494 e. The Bertz CT molecular complexity index is 780. The summed E-state index contributed by atoms with van der Waals surface area (Å²) in [5.74, 6) is 0.143. The number of unbranched alkanes of at least 4 members (excludes halogenated alkanes) is 1. The summed E-state index contributed by atoms with van der Waals surface area (Å²) >= 11 is 0. The monoisotopic (exact) mass is 356 g/mol. The number of esters is 1. The third-order valence-electron chi connectivity index (χ3n) is 4.71. The molecular weight excluding hydrogens is 332 g/mol. The summed E-state index contributed by atoms with van der Waals surface area (Å²) in [6.45, 7) is 1.92. The first-order valence-electron chi connectivity index (χ1n) is 8.90. The number of nitrogens with zero attached hydrogens (tertiary/aromatic N) is 1. The van der Waals surface area contributed by atoms with Gasteiger partial charge in [-0.1, -0.05) is 0 Å². The Morgan fingerprint density at radius 1 is 1.15 bits per heavy atom. The average Bonchev–Trinajstić information content (AvgIpc) is 3.26. The van der Waals surface area contributed by atoms with E-state index in [9.17, 15) is 9.59 Å². The highest BCUT2D eigenvalue weighted by Gasteiger charge is 2.32. The van der Waals surface area contributed by atoms with Crippen LogP contribution in [-0.2, 0) is 16.1 Å². The largest absolute Gasteiger partial charge is 0.494 e. The van der Waals surface area contributed by atoms with Crippen molar-refractivity contribution in [1.82, 2.24) is 4.57 Å². The average molecular weight is 356 g/mol. The van der Waals surface area contributed by atoms with Crippen LogP contribution in [0.25, 0.3) is 0 Å². The summed E-state index contributed by atoms with van der Waals surface area (Å²) in [6.07, 6.45) is 2.51. The summed E-state index contributed by atoms with van der Waals surface area (Å²) in [4.78, 5) is 24.7. The van der Waals surface area contributed by atoms with Gasteiger partial charge >= 0.3 is 5.97 Å². The first-order chi connectivity index (χ1) is 12.7. The van der Waals surface area contributed by atoms with Crippen LogP contribution in [-0.4, -0.2) is 36.6 Å². The highest BCUT2D eigenvalue weighted by atomic mass is 16.5. The van der Waals surface area contributed by atoms with Gasteiger partial charge < -0.3 is 19.8 Å². The van der Waals surface area contributed by atoms with Crippen molar-refractivity contribution in [3.8, 4) is 5.75 Å². The van der Waals surface area contributed by atoms with Gasteiger partial charge in [0.2, 0.25) is 5.78 Å². The fourth-order valence-electron chi connectivity index (χ4n) is 3.31. The predicted molar refractivity (Wildman–Crippen MR) is 97.5 cm³/mol. The first-order valence-corrected chi connectivity index (χ1v) is 8.90. The standard InChI is InChI=1S/C20H24N2O4/c1-25-20(24)16-10-12-22-17(16)8-9-18(22)19(23)14-4-6-15(7-5-14)26-13-3-2-11-21/h4-9,16H,2-3,10-13,21H2,1H3. The zero-order chi connectivity index (χ0) is 18.5. The Labute approximate surface area is 152 Å². The Morgan fingerprint density at radius 3 is 2.62 bits per heavy atom. The van der Waals surface area contributed by atoms with Crippen LogP contribution in [0.3, 0.4) is 0 Å². The number of benzene rings is 1. The fourth-order valence-corrected chi connectivity index (χ4v) is 3.31. The van der Waals surface area contributed by atoms with Gasteiger partial charge in [-0.2, -0.15) is 0 Å². The molecule has 26 heavy (non-hydrogen) atoms. The first kappa shape index (κ1) is 18.2. The quantitative estimate of drug-likeness (QED) is 0.446. The lowest BCUT2D eigenvalue weighted by Crippen LogP contribution is -2.11. The van der Waals surface area contributed by atoms with E-state index in [2.05, 4.69) is 0 Å². The second kappa shape index (κ2) is 8.19. The zero-order valence-electron chi connectivity index (χ0n) is 14.9. The van der Waals surface area contributed by atoms with Crippen molar-refractivity contribution in [1.29, 1.82) is 0 Å². The number of hydrogen-bond donors (Lipinski definition) is 1. The van der Waals surface area contributed by atoms with Crippen LogP contribution in [0.5, 0.6) is 5.75 Å². The van der Waals surface area contributed by atoms with E-state index >= 15 is 0 Å². The molecule has 0 aliphatic carbocycles. The van der Waals surface area contributed by atoms with Gasteiger partial charge in [-0.3, -0.25) is 9.59 Å². The van der Waals surface area contributed by atoms with Gasteiger partial charge in [0.15, 0.2) is 0 Å². The molecule has 0 saturated carbocycles. The van der Waals surface area contributed by atoms with E-state index < -0.39 is 0 Å². The number of nitrogens with two attached hydrogens (primary N) is 1. The number of rotatable bonds is 8. The van der Waals surface area contributed by atoms with Crippen LogP contribution in [0, 0.1) is 0 Å². The highest BCUT2D eigenvalue weighted by molar-refractivity contribution is 6.08. The summed E-state index contributed by atoms with van der Waals surface area (Å²) < 4.78 is 12.4. The van der Waals surface area contributed by atoms with Crippen molar-refractivity contribution in [2.45, 2.75) is 31.7 Å². The number of carbonyl (C=O) groups excluding carboxylic acids is 2. The van der Waals surface area contributed by atoms with Crippen LogP contribution in [0.2, 0.25) is 0 Å². The Hall–Kier alpha value is -2.60. The summed E-state index contributed by atoms with van der Waals surface area (Å²) in [5, 5.41) is 0. The maximum atomic E-state index is 12.8. The molecule has 6 heteroatoms. The van der Waals surface area contributed by atoms with Gasteiger partial charge in [0, 0.05) is 17.8 Å². The van der Waals surface area contributed by atoms with E-state index in [-0.39, 0.29) is 17.7 Å². The molecule has 1 aromatic heterocycles. The second-order valence-corrected chi connectivity index (χ2v) is 6.36. The Kier molecular flexibility index (Phi) is 5.73. The lowest BCUT2D eigenvalue weighted by atomic mass is 10.1. The maximum Gasteiger partial charge on any atom is 0.314 e. The van der Waals surface area contributed by atoms with E-state index in [0.29, 0.717) is 37.4 Å². The van der Waals surface area contributed by atoms with Crippen LogP contribution in [0.1, 0.15) is 46.9 Å². The molecule has 0 bridgehead atoms. The third-order valence-corrected chi connectivity index (χ3v) is 4.71. The van der Waals surface area contributed by atoms with E-state index in [1.54, 1.807) is 30.3 Å². The number of hydrogen-bond acceptors (Lipinski definition) is 5. The molecule has 1 aliphatic rings. The summed E-state index contributed by atoms with van der Waals surface area (Å²) in [5.41, 5.74) is 7.50. The van der Waals surface area contributed by atoms with Gasteiger partial charge in [-0.05, 0) is 62.2 Å². The van der Waals surface area contributed by atoms with E-state index in [1.807, 2.05) is 10.6 Å². The fraction of sp³-hybridized carbons (Fsp3) is 0.400. The van der Waals surface area contributed by atoms with Gasteiger partial charge in [-0.25, -0.2) is 0 Å². The van der Waals surface area contributed by atoms with Crippen LogP contribution in [0.15, 0.2) is 36.4 Å². The SMILES string of the molecule is COC(=O)C1CCn2c(C(=O)c3ccc(OCCCCN)cc3)ccc21. The molecule has 2 aromatic rings. The molecule has 0 radical (unpaired) electrons. The smallest absolute Gasteiger partial charge is 0.314 e. The number of methoxy groups -OCH3 is 1. The topological polar surface area (TPSA) is 83.5 Å². The number of ketones is 1.